The van der Waals surface area contributed by atoms with Crippen molar-refractivity contribution in [3.05, 3.63) is 95.1 Å². The van der Waals surface area contributed by atoms with Crippen molar-refractivity contribution in [2.75, 3.05) is 31.2 Å². The van der Waals surface area contributed by atoms with Gasteiger partial charge in [0.2, 0.25) is 5.78 Å². The number of pyridine rings is 1. The molecule has 0 spiro atoms. The molecule has 0 aliphatic carbocycles. The average molecular weight is 726 g/mol. The molecule has 1 aliphatic rings. The van der Waals surface area contributed by atoms with E-state index >= 15 is 8.78 Å². The fourth-order valence-electron chi connectivity index (χ4n) is 6.03. The largest absolute Gasteiger partial charge is 0.494 e. The summed E-state index contributed by atoms with van der Waals surface area (Å²) in [5.74, 6) is -3.39. The number of fused-ring (bicyclic) bond motifs is 1. The lowest BCUT2D eigenvalue weighted by molar-refractivity contribution is -0.143. The Morgan fingerprint density at radius 1 is 1.16 bits per heavy atom. The number of halogens is 3. The molecule has 3 atom stereocenters. The lowest BCUT2D eigenvalue weighted by atomic mass is 9.99. The van der Waals surface area contributed by atoms with Gasteiger partial charge in [-0.2, -0.15) is 4.41 Å². The maximum atomic E-state index is 15.9. The van der Waals surface area contributed by atoms with Crippen LogP contribution in [0.3, 0.4) is 0 Å². The number of unbranched alkanes of at least 4 members (excludes halogenated alkanes) is 1. The number of anilines is 1. The van der Waals surface area contributed by atoms with Crippen LogP contribution in [-0.2, 0) is 20.8 Å². The van der Waals surface area contributed by atoms with E-state index in [1.807, 2.05) is 0 Å². The number of carbonyl (C=O) groups is 2. The molecule has 1 fully saturated rings. The number of ether oxygens (including phenoxy) is 2. The molecule has 2 N–H and O–H groups in total. The number of carbonyl (C=O) groups excluding carboxylic acids is 2. The van der Waals surface area contributed by atoms with Gasteiger partial charge in [0.15, 0.2) is 11.6 Å². The molecule has 0 amide bonds. The summed E-state index contributed by atoms with van der Waals surface area (Å²) in [6, 6.07) is 12.3. The molecule has 0 radical (unpaired) electrons. The lowest BCUT2D eigenvalue weighted by Gasteiger charge is -2.29. The predicted molar refractivity (Wildman–Crippen MR) is 181 cm³/mol. The van der Waals surface area contributed by atoms with Gasteiger partial charge >= 0.3 is 5.97 Å². The third-order valence-electron chi connectivity index (χ3n) is 8.61. The lowest BCUT2D eigenvalue weighted by Crippen LogP contribution is -2.43. The van der Waals surface area contributed by atoms with E-state index in [1.54, 1.807) is 49.5 Å². The molecular formula is C35H34F3N5O7S. The second-order valence-corrected chi connectivity index (χ2v) is 12.8. The van der Waals surface area contributed by atoms with Gasteiger partial charge in [-0.3, -0.25) is 14.1 Å². The van der Waals surface area contributed by atoms with Crippen LogP contribution in [0, 0.1) is 18.6 Å². The van der Waals surface area contributed by atoms with Crippen LogP contribution in [0.5, 0.6) is 5.75 Å². The second-order valence-electron chi connectivity index (χ2n) is 12.0. The van der Waals surface area contributed by atoms with Crippen molar-refractivity contribution in [3.8, 4) is 16.9 Å². The van der Waals surface area contributed by atoms with Crippen LogP contribution < -0.4 is 9.15 Å². The molecule has 0 saturated carbocycles. The molecule has 0 bridgehead atoms. The van der Waals surface area contributed by atoms with Crippen LogP contribution in [0.4, 0.5) is 18.9 Å². The number of benzene rings is 2. The summed E-state index contributed by atoms with van der Waals surface area (Å²) in [7, 11) is 1.33. The highest BCUT2D eigenvalue weighted by Crippen LogP contribution is 2.33. The highest BCUT2D eigenvalue weighted by atomic mass is 32.2. The maximum Gasteiger partial charge on any atom is 0.316 e. The number of alkyl halides is 1. The summed E-state index contributed by atoms with van der Waals surface area (Å²) in [5, 5.41) is 5.30. The van der Waals surface area contributed by atoms with Crippen LogP contribution in [0.15, 0.2) is 65.4 Å². The minimum Gasteiger partial charge on any atom is -0.494 e. The summed E-state index contributed by atoms with van der Waals surface area (Å²) < 4.78 is 83.6. The standard InChI is InChI=1S/C35H34F3N5O7S/c1-20-15-30(50-41-20)25(35(45)48-2)5-3-4-14-49-24-8-6-21(7-9-24)22-16-26-27(18-40-34(26)39-17-22)33(44)31-28(37)10-11-29(32(31)38)43(51(46)47)42-13-12-23(36)19-42/h6-11,15-18,23,25H,3-5,12-14,19H2,1-2H3,(H,39,40)(H,46,47)/t23-,25?/m1/s1. The highest BCUT2D eigenvalue weighted by molar-refractivity contribution is 7.80. The molecule has 5 aromatic rings. The first-order valence-corrected chi connectivity index (χ1v) is 17.2. The number of aromatic nitrogens is 3. The number of hydrogen-bond donors (Lipinski definition) is 2. The van der Waals surface area contributed by atoms with E-state index in [2.05, 4.69) is 15.1 Å². The number of hydrogen-bond acceptors (Lipinski definition) is 9. The zero-order chi connectivity index (χ0) is 36.2. The molecule has 4 heterocycles. The summed E-state index contributed by atoms with van der Waals surface area (Å²) in [6.45, 7) is 1.95. The molecule has 16 heteroatoms. The van der Waals surface area contributed by atoms with Crippen molar-refractivity contribution in [3.63, 3.8) is 0 Å². The highest BCUT2D eigenvalue weighted by Gasteiger charge is 2.34. The monoisotopic (exact) mass is 725 g/mol. The predicted octanol–water partition coefficient (Wildman–Crippen LogP) is 6.44. The molecule has 1 aliphatic heterocycles. The van der Waals surface area contributed by atoms with E-state index in [9.17, 15) is 22.7 Å². The van der Waals surface area contributed by atoms with Gasteiger partial charge in [-0.1, -0.05) is 17.3 Å². The van der Waals surface area contributed by atoms with Crippen LogP contribution in [0.1, 0.15) is 59.0 Å². The van der Waals surface area contributed by atoms with Crippen LogP contribution >= 0.6 is 0 Å². The third kappa shape index (κ3) is 7.67. The van der Waals surface area contributed by atoms with E-state index in [0.29, 0.717) is 64.1 Å². The van der Waals surface area contributed by atoms with E-state index in [4.69, 9.17) is 14.0 Å². The van der Waals surface area contributed by atoms with Crippen molar-refractivity contribution >= 4 is 39.7 Å². The average Bonchev–Trinajstić information content (AvgIpc) is 3.86. The molecular weight excluding hydrogens is 691 g/mol. The van der Waals surface area contributed by atoms with E-state index in [0.717, 1.165) is 22.7 Å². The molecule has 268 valence electrons. The Bertz CT molecular complexity index is 2070. The van der Waals surface area contributed by atoms with Crippen molar-refractivity contribution < 1.29 is 45.5 Å². The van der Waals surface area contributed by atoms with E-state index < -0.39 is 52.0 Å². The zero-order valence-corrected chi connectivity index (χ0v) is 28.4. The van der Waals surface area contributed by atoms with Crippen LogP contribution in [0.2, 0.25) is 0 Å². The number of H-pyrrole nitrogens is 1. The molecule has 2 unspecified atom stereocenters. The first kappa shape index (κ1) is 35.8. The van der Waals surface area contributed by atoms with E-state index in [1.165, 1.54) is 13.3 Å². The number of hydrazine groups is 1. The number of esters is 1. The van der Waals surface area contributed by atoms with E-state index in [-0.39, 0.29) is 31.0 Å². The van der Waals surface area contributed by atoms with Gasteiger partial charge < -0.3 is 19.0 Å². The van der Waals surface area contributed by atoms with Gasteiger partial charge in [-0.15, -0.1) is 0 Å². The molecule has 2 aromatic carbocycles. The maximum absolute atomic E-state index is 15.9. The Kier molecular flexibility index (Phi) is 10.8. The number of aryl methyl sites for hydroxylation is 1. The topological polar surface area (TPSA) is 151 Å². The Hall–Kier alpha value is -5.06. The van der Waals surface area contributed by atoms with Crippen molar-refractivity contribution in [1.82, 2.24) is 20.1 Å². The minimum atomic E-state index is -2.82. The molecule has 6 rings (SSSR count). The Morgan fingerprint density at radius 2 is 1.94 bits per heavy atom. The molecule has 3 aromatic heterocycles. The normalized spacial score (nSPS) is 15.9. The quantitative estimate of drug-likeness (QED) is 0.0566. The summed E-state index contributed by atoms with van der Waals surface area (Å²) in [6.07, 6.45) is 3.50. The SMILES string of the molecule is COC(=O)C(CCCCOc1ccc(-c2cnc3[nH]cc(C(=O)c4c(F)ccc(N(N5CC[C@@H](F)C5)S(=O)O)c4F)c3c2)cc1)c1cc(C)no1. The first-order valence-electron chi connectivity index (χ1n) is 16.1. The molecule has 51 heavy (non-hydrogen) atoms. The minimum absolute atomic E-state index is 0.0294. The summed E-state index contributed by atoms with van der Waals surface area (Å²) >= 11 is -2.82. The van der Waals surface area contributed by atoms with Crippen molar-refractivity contribution in [2.45, 2.75) is 44.7 Å². The van der Waals surface area contributed by atoms with Gasteiger partial charge in [-0.25, -0.2) is 27.4 Å². The van der Waals surface area contributed by atoms with Gasteiger partial charge in [0.05, 0.1) is 31.5 Å². The van der Waals surface area contributed by atoms with Crippen LogP contribution in [-0.4, -0.2) is 73.6 Å². The smallest absolute Gasteiger partial charge is 0.316 e. The summed E-state index contributed by atoms with van der Waals surface area (Å²) in [4.78, 5) is 33.1. The van der Waals surface area contributed by atoms with Gasteiger partial charge in [0, 0.05) is 41.5 Å². The number of ketones is 1. The van der Waals surface area contributed by atoms with Crippen molar-refractivity contribution in [2.24, 2.45) is 0 Å². The fraction of sp³-hybridized carbons (Fsp3) is 0.314. The second kappa shape index (κ2) is 15.4. The number of nitrogens with one attached hydrogen (secondary N) is 1. The molecule has 1 saturated heterocycles. The Morgan fingerprint density at radius 3 is 2.61 bits per heavy atom. The number of methoxy groups -OCH3 is 1. The first-order chi connectivity index (χ1) is 24.5. The number of nitrogens with zero attached hydrogens (tertiary/aromatic N) is 4. The van der Waals surface area contributed by atoms with Gasteiger partial charge in [0.25, 0.3) is 11.3 Å². The third-order valence-corrected chi connectivity index (χ3v) is 9.34. The Balaban J connectivity index is 1.14. The van der Waals surface area contributed by atoms with Crippen molar-refractivity contribution in [1.29, 1.82) is 0 Å². The number of rotatable bonds is 14. The van der Waals surface area contributed by atoms with Crippen LogP contribution in [0.25, 0.3) is 22.2 Å². The summed E-state index contributed by atoms with van der Waals surface area (Å²) in [5.41, 5.74) is 0.797. The molecule has 12 nitrogen and oxygen atoms in total. The fourth-order valence-corrected chi connectivity index (χ4v) is 6.69. The Labute approximate surface area is 292 Å². The number of aromatic amines is 1. The van der Waals surface area contributed by atoms with Gasteiger partial charge in [0.1, 0.15) is 35.0 Å². The van der Waals surface area contributed by atoms with Gasteiger partial charge in [-0.05, 0) is 68.5 Å². The zero-order valence-electron chi connectivity index (χ0n) is 27.6.